The fourth-order valence-corrected chi connectivity index (χ4v) is 3.05. The van der Waals surface area contributed by atoms with Gasteiger partial charge < -0.3 is 9.30 Å². The standard InChI is InChI=1S/C23H19NO2/c25-23(26-17-19-9-5-2-6-10-19)21-11-12-22-20(15-21)13-14-24(22)16-18-7-3-1-4-8-18/h1-15H,16-17H2. The van der Waals surface area contributed by atoms with Gasteiger partial charge in [0.25, 0.3) is 0 Å². The second kappa shape index (κ2) is 7.28. The van der Waals surface area contributed by atoms with E-state index < -0.39 is 0 Å². The molecule has 1 aromatic heterocycles. The van der Waals surface area contributed by atoms with E-state index in [-0.39, 0.29) is 12.6 Å². The Labute approximate surface area is 152 Å². The number of carbonyl (C=O) groups excluding carboxylic acids is 1. The van der Waals surface area contributed by atoms with E-state index in [2.05, 4.69) is 22.9 Å². The number of hydrogen-bond acceptors (Lipinski definition) is 2. The molecule has 4 aromatic rings. The molecule has 0 aliphatic rings. The number of ether oxygens (including phenoxy) is 1. The van der Waals surface area contributed by atoms with Gasteiger partial charge in [-0.15, -0.1) is 0 Å². The Hall–Kier alpha value is -3.33. The first-order chi connectivity index (χ1) is 12.8. The first kappa shape index (κ1) is 16.2. The maximum Gasteiger partial charge on any atom is 0.338 e. The van der Waals surface area contributed by atoms with Crippen molar-refractivity contribution < 1.29 is 9.53 Å². The summed E-state index contributed by atoms with van der Waals surface area (Å²) < 4.78 is 7.60. The highest BCUT2D eigenvalue weighted by atomic mass is 16.5. The number of hydrogen-bond donors (Lipinski definition) is 0. The van der Waals surface area contributed by atoms with E-state index in [1.807, 2.05) is 72.8 Å². The van der Waals surface area contributed by atoms with Crippen LogP contribution in [-0.2, 0) is 17.9 Å². The van der Waals surface area contributed by atoms with E-state index in [9.17, 15) is 4.79 Å². The topological polar surface area (TPSA) is 31.2 Å². The predicted molar refractivity (Wildman–Crippen MR) is 103 cm³/mol. The molecule has 0 atom stereocenters. The molecule has 3 aromatic carbocycles. The van der Waals surface area contributed by atoms with Gasteiger partial charge in [0.15, 0.2) is 0 Å². The monoisotopic (exact) mass is 341 g/mol. The molecular formula is C23H19NO2. The molecule has 0 aliphatic carbocycles. The number of nitrogens with zero attached hydrogens (tertiary/aromatic N) is 1. The molecule has 0 radical (unpaired) electrons. The second-order valence-corrected chi connectivity index (χ2v) is 6.26. The Kier molecular flexibility index (Phi) is 4.52. The molecule has 3 nitrogen and oxygen atoms in total. The van der Waals surface area contributed by atoms with Gasteiger partial charge in [-0.05, 0) is 35.4 Å². The van der Waals surface area contributed by atoms with Gasteiger partial charge in [0.2, 0.25) is 0 Å². The van der Waals surface area contributed by atoms with Crippen LogP contribution in [0.3, 0.4) is 0 Å². The molecule has 1 heterocycles. The number of esters is 1. The SMILES string of the molecule is O=C(OCc1ccccc1)c1ccc2c(ccn2Cc2ccccc2)c1. The van der Waals surface area contributed by atoms with Crippen molar-refractivity contribution in [3.05, 3.63) is 108 Å². The molecule has 0 unspecified atom stereocenters. The van der Waals surface area contributed by atoms with Crippen molar-refractivity contribution >= 4 is 16.9 Å². The molecule has 4 rings (SSSR count). The Morgan fingerprint density at radius 1 is 0.808 bits per heavy atom. The first-order valence-electron chi connectivity index (χ1n) is 8.63. The maximum absolute atomic E-state index is 12.3. The minimum Gasteiger partial charge on any atom is -0.457 e. The highest BCUT2D eigenvalue weighted by Gasteiger charge is 2.10. The lowest BCUT2D eigenvalue weighted by Gasteiger charge is -2.07. The second-order valence-electron chi connectivity index (χ2n) is 6.26. The van der Waals surface area contributed by atoms with Crippen molar-refractivity contribution in [1.82, 2.24) is 4.57 Å². The summed E-state index contributed by atoms with van der Waals surface area (Å²) in [6.45, 7) is 1.09. The summed E-state index contributed by atoms with van der Waals surface area (Å²) >= 11 is 0. The summed E-state index contributed by atoms with van der Waals surface area (Å²) in [7, 11) is 0. The molecule has 0 bridgehead atoms. The van der Waals surface area contributed by atoms with E-state index in [0.717, 1.165) is 23.0 Å². The first-order valence-corrected chi connectivity index (χ1v) is 8.63. The Morgan fingerprint density at radius 2 is 1.50 bits per heavy atom. The fourth-order valence-electron chi connectivity index (χ4n) is 3.05. The minimum atomic E-state index is -0.299. The Morgan fingerprint density at radius 3 is 2.23 bits per heavy atom. The van der Waals surface area contributed by atoms with Crippen LogP contribution in [0, 0.1) is 0 Å². The maximum atomic E-state index is 12.3. The van der Waals surface area contributed by atoms with Gasteiger partial charge in [-0.1, -0.05) is 60.7 Å². The lowest BCUT2D eigenvalue weighted by molar-refractivity contribution is 0.0473. The molecule has 128 valence electrons. The zero-order valence-electron chi connectivity index (χ0n) is 14.3. The highest BCUT2D eigenvalue weighted by molar-refractivity contribution is 5.94. The molecule has 0 saturated carbocycles. The molecule has 26 heavy (non-hydrogen) atoms. The van der Waals surface area contributed by atoms with Crippen LogP contribution < -0.4 is 0 Å². The van der Waals surface area contributed by atoms with Crippen LogP contribution in [0.15, 0.2) is 91.1 Å². The molecule has 0 aliphatic heterocycles. The van der Waals surface area contributed by atoms with E-state index >= 15 is 0 Å². The summed E-state index contributed by atoms with van der Waals surface area (Å²) in [6, 6.07) is 27.8. The van der Waals surface area contributed by atoms with Gasteiger partial charge in [0, 0.05) is 23.6 Å². The average molecular weight is 341 g/mol. The van der Waals surface area contributed by atoms with Gasteiger partial charge >= 0.3 is 5.97 Å². The van der Waals surface area contributed by atoms with Gasteiger partial charge in [-0.2, -0.15) is 0 Å². The lowest BCUT2D eigenvalue weighted by Crippen LogP contribution is -2.05. The van der Waals surface area contributed by atoms with E-state index in [0.29, 0.717) is 5.56 Å². The van der Waals surface area contributed by atoms with Crippen LogP contribution in [0.25, 0.3) is 10.9 Å². The molecule has 0 amide bonds. The van der Waals surface area contributed by atoms with Crippen molar-refractivity contribution in [3.63, 3.8) is 0 Å². The number of aromatic nitrogens is 1. The van der Waals surface area contributed by atoms with Gasteiger partial charge in [0.1, 0.15) is 6.61 Å². The quantitative estimate of drug-likeness (QED) is 0.476. The largest absolute Gasteiger partial charge is 0.457 e. The summed E-state index contributed by atoms with van der Waals surface area (Å²) in [6.07, 6.45) is 2.05. The Bertz CT molecular complexity index is 1020. The number of fused-ring (bicyclic) bond motifs is 1. The van der Waals surface area contributed by atoms with Gasteiger partial charge in [0.05, 0.1) is 5.56 Å². The molecule has 0 N–H and O–H groups in total. The average Bonchev–Trinajstić information content (AvgIpc) is 3.10. The van der Waals surface area contributed by atoms with Crippen LogP contribution in [-0.4, -0.2) is 10.5 Å². The summed E-state index contributed by atoms with van der Waals surface area (Å²) in [5, 5.41) is 1.04. The summed E-state index contributed by atoms with van der Waals surface area (Å²) in [4.78, 5) is 12.3. The number of carbonyl (C=O) groups is 1. The molecular weight excluding hydrogens is 322 g/mol. The zero-order valence-corrected chi connectivity index (χ0v) is 14.3. The van der Waals surface area contributed by atoms with Crippen LogP contribution >= 0.6 is 0 Å². The minimum absolute atomic E-state index is 0.284. The summed E-state index contributed by atoms with van der Waals surface area (Å²) in [5.74, 6) is -0.299. The predicted octanol–water partition coefficient (Wildman–Crippen LogP) is 5.05. The number of rotatable bonds is 5. The van der Waals surface area contributed by atoms with Crippen LogP contribution in [0.2, 0.25) is 0 Å². The summed E-state index contributed by atoms with van der Waals surface area (Å²) in [5.41, 5.74) is 3.91. The third-order valence-electron chi connectivity index (χ3n) is 4.42. The smallest absolute Gasteiger partial charge is 0.338 e. The zero-order chi connectivity index (χ0) is 17.8. The van der Waals surface area contributed by atoms with Crippen molar-refractivity contribution in [3.8, 4) is 0 Å². The van der Waals surface area contributed by atoms with E-state index in [1.54, 1.807) is 0 Å². The molecule has 0 fully saturated rings. The van der Waals surface area contributed by atoms with Crippen LogP contribution in [0.4, 0.5) is 0 Å². The molecule has 3 heteroatoms. The Balaban J connectivity index is 1.50. The molecule has 0 spiro atoms. The van der Waals surface area contributed by atoms with Crippen molar-refractivity contribution in [1.29, 1.82) is 0 Å². The normalized spacial score (nSPS) is 10.8. The van der Waals surface area contributed by atoms with E-state index in [4.69, 9.17) is 4.74 Å². The molecule has 0 saturated heterocycles. The highest BCUT2D eigenvalue weighted by Crippen LogP contribution is 2.20. The lowest BCUT2D eigenvalue weighted by atomic mass is 10.1. The third kappa shape index (κ3) is 3.52. The van der Waals surface area contributed by atoms with Crippen molar-refractivity contribution in [2.75, 3.05) is 0 Å². The van der Waals surface area contributed by atoms with E-state index in [1.165, 1.54) is 5.56 Å². The third-order valence-corrected chi connectivity index (χ3v) is 4.42. The van der Waals surface area contributed by atoms with Crippen LogP contribution in [0.5, 0.6) is 0 Å². The van der Waals surface area contributed by atoms with Crippen molar-refractivity contribution in [2.45, 2.75) is 13.2 Å². The van der Waals surface area contributed by atoms with Gasteiger partial charge in [-0.25, -0.2) is 4.79 Å². The fraction of sp³-hybridized carbons (Fsp3) is 0.0870. The van der Waals surface area contributed by atoms with Crippen molar-refractivity contribution in [2.24, 2.45) is 0 Å². The van der Waals surface area contributed by atoms with Crippen LogP contribution in [0.1, 0.15) is 21.5 Å². The number of benzene rings is 3. The van der Waals surface area contributed by atoms with Gasteiger partial charge in [-0.3, -0.25) is 0 Å².